The van der Waals surface area contributed by atoms with E-state index in [0.717, 1.165) is 39.3 Å². The highest BCUT2D eigenvalue weighted by atomic mass is 35.5. The molecule has 2 aliphatic heterocycles. The molecule has 7 nitrogen and oxygen atoms in total. The van der Waals surface area contributed by atoms with Crippen LogP contribution >= 0.6 is 46.0 Å². The SMILES string of the molecule is CSc1cccc2sc(N(CC3CCCO3)C(=O)C3CCN(S(=O)(=O)c4ccc(Cl)s4)CC3)nc12. The normalized spacial score (nSPS) is 20.0. The molecule has 1 atom stereocenters. The predicted molar refractivity (Wildman–Crippen MR) is 144 cm³/mol. The van der Waals surface area contributed by atoms with Gasteiger partial charge >= 0.3 is 0 Å². The van der Waals surface area contributed by atoms with Crippen LogP contribution in [0.1, 0.15) is 25.7 Å². The number of rotatable bonds is 7. The standard InChI is InChI=1S/C23H26ClN3O4S4/c1-32-17-5-2-6-18-21(17)25-23(33-18)27(14-16-4-3-13-31-16)22(28)15-9-11-26(12-10-15)35(29,30)20-8-7-19(24)34-20/h2,5-8,15-16H,3-4,9-14H2,1H3. The van der Waals surface area contributed by atoms with E-state index in [1.807, 2.05) is 24.5 Å². The maximum absolute atomic E-state index is 13.8. The van der Waals surface area contributed by atoms with Gasteiger partial charge in [-0.25, -0.2) is 13.4 Å². The van der Waals surface area contributed by atoms with Gasteiger partial charge in [0.15, 0.2) is 5.13 Å². The van der Waals surface area contributed by atoms with Crippen molar-refractivity contribution in [1.82, 2.24) is 9.29 Å². The number of aromatic nitrogens is 1. The van der Waals surface area contributed by atoms with Crippen molar-refractivity contribution in [1.29, 1.82) is 0 Å². The van der Waals surface area contributed by atoms with E-state index in [0.29, 0.717) is 48.6 Å². The first-order valence-electron chi connectivity index (χ1n) is 11.5. The Morgan fingerprint density at radius 2 is 2.03 bits per heavy atom. The third-order valence-corrected chi connectivity index (χ3v) is 11.9. The van der Waals surface area contributed by atoms with E-state index < -0.39 is 10.0 Å². The van der Waals surface area contributed by atoms with Crippen LogP contribution in [0, 0.1) is 5.92 Å². The van der Waals surface area contributed by atoms with Crippen LogP contribution in [0.3, 0.4) is 0 Å². The number of thioether (sulfide) groups is 1. The molecule has 1 unspecified atom stereocenters. The Morgan fingerprint density at radius 1 is 1.23 bits per heavy atom. The molecule has 0 bridgehead atoms. The zero-order chi connectivity index (χ0) is 24.6. The molecule has 0 radical (unpaired) electrons. The first-order valence-corrected chi connectivity index (χ1v) is 16.2. The average Bonchev–Trinajstić information content (AvgIpc) is 3.62. The largest absolute Gasteiger partial charge is 0.376 e. The lowest BCUT2D eigenvalue weighted by atomic mass is 9.96. The van der Waals surface area contributed by atoms with E-state index in [1.165, 1.54) is 15.6 Å². The fourth-order valence-corrected chi connectivity index (χ4v) is 9.32. The molecular weight excluding hydrogens is 546 g/mol. The van der Waals surface area contributed by atoms with Crippen molar-refractivity contribution in [3.05, 3.63) is 34.7 Å². The summed E-state index contributed by atoms with van der Waals surface area (Å²) in [6, 6.07) is 9.22. The molecule has 1 aromatic carbocycles. The highest BCUT2D eigenvalue weighted by Crippen LogP contribution is 2.36. The smallest absolute Gasteiger partial charge is 0.252 e. The van der Waals surface area contributed by atoms with Crippen molar-refractivity contribution in [3.8, 4) is 0 Å². The Bertz CT molecular complexity index is 1310. The van der Waals surface area contributed by atoms with Gasteiger partial charge in [0.1, 0.15) is 4.21 Å². The van der Waals surface area contributed by atoms with Crippen LogP contribution in [0.15, 0.2) is 39.4 Å². The maximum Gasteiger partial charge on any atom is 0.252 e. The lowest BCUT2D eigenvalue weighted by molar-refractivity contribution is -0.123. The van der Waals surface area contributed by atoms with Crippen molar-refractivity contribution in [2.75, 3.05) is 37.4 Å². The number of carbonyl (C=O) groups excluding carboxylic acids is 1. The molecule has 2 fully saturated rings. The van der Waals surface area contributed by atoms with Gasteiger partial charge < -0.3 is 4.74 Å². The van der Waals surface area contributed by atoms with Gasteiger partial charge in [-0.05, 0) is 56.2 Å². The number of amides is 1. The summed E-state index contributed by atoms with van der Waals surface area (Å²) in [6.45, 7) is 1.79. The first kappa shape index (κ1) is 25.4. The number of para-hydroxylation sites is 1. The van der Waals surface area contributed by atoms with Crippen LogP contribution in [-0.4, -0.2) is 62.2 Å². The number of carbonyl (C=O) groups is 1. The second kappa shape index (κ2) is 10.6. The zero-order valence-electron chi connectivity index (χ0n) is 19.2. The van der Waals surface area contributed by atoms with Crippen LogP contribution in [0.5, 0.6) is 0 Å². The highest BCUT2D eigenvalue weighted by molar-refractivity contribution is 7.98. The summed E-state index contributed by atoms with van der Waals surface area (Å²) < 4.78 is 35.0. The van der Waals surface area contributed by atoms with Crippen molar-refractivity contribution in [2.45, 2.75) is 40.9 Å². The number of sulfonamides is 1. The summed E-state index contributed by atoms with van der Waals surface area (Å²) in [4.78, 5) is 21.5. The Balaban J connectivity index is 1.35. The number of thiophene rings is 1. The van der Waals surface area contributed by atoms with Gasteiger partial charge in [-0.15, -0.1) is 23.1 Å². The van der Waals surface area contributed by atoms with Crippen LogP contribution in [0.2, 0.25) is 4.34 Å². The number of hydrogen-bond acceptors (Lipinski definition) is 8. The number of hydrogen-bond donors (Lipinski definition) is 0. The Morgan fingerprint density at radius 3 is 2.69 bits per heavy atom. The Hall–Kier alpha value is -1.21. The molecule has 2 saturated heterocycles. The monoisotopic (exact) mass is 571 g/mol. The minimum Gasteiger partial charge on any atom is -0.376 e. The molecule has 12 heteroatoms. The molecule has 0 aliphatic carbocycles. The molecule has 188 valence electrons. The van der Waals surface area contributed by atoms with E-state index in [1.54, 1.807) is 28.8 Å². The number of ether oxygens (including phenoxy) is 1. The van der Waals surface area contributed by atoms with E-state index in [9.17, 15) is 13.2 Å². The molecule has 1 amide bonds. The van der Waals surface area contributed by atoms with E-state index in [4.69, 9.17) is 21.3 Å². The van der Waals surface area contributed by atoms with Gasteiger partial charge in [-0.2, -0.15) is 4.31 Å². The van der Waals surface area contributed by atoms with Crippen molar-refractivity contribution >= 4 is 77.3 Å². The molecule has 3 aromatic rings. The molecule has 0 saturated carbocycles. The number of halogens is 1. The topological polar surface area (TPSA) is 79.8 Å². The van der Waals surface area contributed by atoms with Gasteiger partial charge in [0.05, 0.1) is 27.2 Å². The minimum atomic E-state index is -3.60. The van der Waals surface area contributed by atoms with Gasteiger partial charge in [0.2, 0.25) is 5.91 Å². The number of piperidine rings is 1. The van der Waals surface area contributed by atoms with Crippen LogP contribution in [-0.2, 0) is 19.6 Å². The predicted octanol–water partition coefficient (Wildman–Crippen LogP) is 5.35. The molecule has 5 rings (SSSR count). The van der Waals surface area contributed by atoms with Gasteiger partial charge in [0.25, 0.3) is 10.0 Å². The molecule has 35 heavy (non-hydrogen) atoms. The van der Waals surface area contributed by atoms with Gasteiger partial charge in [0, 0.05) is 30.5 Å². The van der Waals surface area contributed by atoms with E-state index >= 15 is 0 Å². The van der Waals surface area contributed by atoms with Crippen LogP contribution in [0.4, 0.5) is 5.13 Å². The number of benzene rings is 1. The lowest BCUT2D eigenvalue weighted by Gasteiger charge is -2.33. The number of anilines is 1. The van der Waals surface area contributed by atoms with Crippen LogP contribution in [0.25, 0.3) is 10.2 Å². The lowest BCUT2D eigenvalue weighted by Crippen LogP contribution is -2.46. The van der Waals surface area contributed by atoms with E-state index in [-0.39, 0.29) is 22.1 Å². The summed E-state index contributed by atoms with van der Waals surface area (Å²) in [5, 5.41) is 0.685. The molecule has 4 heterocycles. The average molecular weight is 572 g/mol. The van der Waals surface area contributed by atoms with Crippen LogP contribution < -0.4 is 4.90 Å². The fourth-order valence-electron chi connectivity index (χ4n) is 4.57. The summed E-state index contributed by atoms with van der Waals surface area (Å²) in [6.07, 6.45) is 4.88. The minimum absolute atomic E-state index is 0.00136. The third-order valence-electron chi connectivity index (χ3n) is 6.44. The summed E-state index contributed by atoms with van der Waals surface area (Å²) >= 11 is 10.2. The summed E-state index contributed by atoms with van der Waals surface area (Å²) in [5.41, 5.74) is 0.917. The highest BCUT2D eigenvalue weighted by Gasteiger charge is 2.36. The van der Waals surface area contributed by atoms with E-state index in [2.05, 4.69) is 0 Å². The molecule has 2 aromatic heterocycles. The van der Waals surface area contributed by atoms with Crippen molar-refractivity contribution in [2.24, 2.45) is 5.92 Å². The maximum atomic E-state index is 13.8. The quantitative estimate of drug-likeness (QED) is 0.356. The van der Waals surface area contributed by atoms with Crippen molar-refractivity contribution < 1.29 is 17.9 Å². The summed E-state index contributed by atoms with van der Waals surface area (Å²) in [7, 11) is -3.60. The summed E-state index contributed by atoms with van der Waals surface area (Å²) in [5.74, 6) is -0.261. The van der Waals surface area contributed by atoms with Gasteiger partial charge in [-0.1, -0.05) is 29.0 Å². The second-order valence-corrected chi connectivity index (χ2v) is 14.4. The Labute approximate surface area is 222 Å². The van der Waals surface area contributed by atoms with Crippen molar-refractivity contribution in [3.63, 3.8) is 0 Å². The first-order chi connectivity index (χ1) is 16.9. The molecule has 0 spiro atoms. The number of thiazole rings is 1. The third kappa shape index (κ3) is 5.27. The molecule has 2 aliphatic rings. The molecule has 0 N–H and O–H groups in total. The molecular formula is C23H26ClN3O4S4. The fraction of sp³-hybridized carbons (Fsp3) is 0.478. The second-order valence-electron chi connectivity index (χ2n) is 8.62. The number of nitrogens with zero attached hydrogens (tertiary/aromatic N) is 3. The van der Waals surface area contributed by atoms with Gasteiger partial charge in [-0.3, -0.25) is 9.69 Å². The zero-order valence-corrected chi connectivity index (χ0v) is 23.2. The Kier molecular flexibility index (Phi) is 7.74. The number of fused-ring (bicyclic) bond motifs is 1.